The molecule has 2 unspecified atom stereocenters. The van der Waals surface area contributed by atoms with Crippen LogP contribution in [0, 0.1) is 5.92 Å². The van der Waals surface area contributed by atoms with Gasteiger partial charge in [0, 0.05) is 18.1 Å². The van der Waals surface area contributed by atoms with Crippen LogP contribution in [0.25, 0.3) is 0 Å². The van der Waals surface area contributed by atoms with E-state index in [4.69, 9.17) is 10.5 Å². The predicted molar refractivity (Wildman–Crippen MR) is 78.1 cm³/mol. The van der Waals surface area contributed by atoms with Crippen molar-refractivity contribution in [2.24, 2.45) is 11.7 Å². The summed E-state index contributed by atoms with van der Waals surface area (Å²) in [7, 11) is 0. The van der Waals surface area contributed by atoms with Crippen molar-refractivity contribution in [3.63, 3.8) is 0 Å². The number of benzene rings is 1. The van der Waals surface area contributed by atoms with E-state index >= 15 is 0 Å². The molecule has 1 aliphatic carbocycles. The van der Waals surface area contributed by atoms with Gasteiger partial charge in [0.2, 0.25) is 0 Å². The minimum absolute atomic E-state index is 0.201. The molecule has 1 aromatic rings. The lowest BCUT2D eigenvalue weighted by atomic mass is 9.68. The van der Waals surface area contributed by atoms with Gasteiger partial charge in [-0.3, -0.25) is 0 Å². The highest BCUT2D eigenvalue weighted by molar-refractivity contribution is 5.29. The normalized spacial score (nSPS) is 28.2. The molecule has 0 radical (unpaired) electrons. The van der Waals surface area contributed by atoms with Crippen LogP contribution in [0.15, 0.2) is 30.3 Å². The van der Waals surface area contributed by atoms with Gasteiger partial charge in [-0.2, -0.15) is 0 Å². The Balaban J connectivity index is 1.87. The summed E-state index contributed by atoms with van der Waals surface area (Å²) in [5, 5.41) is 0. The topological polar surface area (TPSA) is 35.2 Å². The Hall–Kier alpha value is -0.860. The molecule has 0 aromatic heterocycles. The molecule has 3 rings (SSSR count). The average Bonchev–Trinajstić information content (AvgIpc) is 2.99. The highest BCUT2D eigenvalue weighted by Gasteiger charge is 2.44. The van der Waals surface area contributed by atoms with E-state index in [9.17, 15) is 0 Å². The van der Waals surface area contributed by atoms with E-state index in [2.05, 4.69) is 30.3 Å². The number of ether oxygens (including phenoxy) is 1. The van der Waals surface area contributed by atoms with Crippen LogP contribution in [0.4, 0.5) is 0 Å². The molecule has 1 saturated carbocycles. The van der Waals surface area contributed by atoms with E-state index in [-0.39, 0.29) is 11.5 Å². The second kappa shape index (κ2) is 5.64. The van der Waals surface area contributed by atoms with E-state index < -0.39 is 0 Å². The Morgan fingerprint density at radius 2 is 1.84 bits per heavy atom. The highest BCUT2D eigenvalue weighted by atomic mass is 16.5. The maximum absolute atomic E-state index is 6.74. The monoisotopic (exact) mass is 259 g/mol. The predicted octanol–water partition coefficient (Wildman–Crippen LogP) is 3.25. The zero-order valence-corrected chi connectivity index (χ0v) is 11.7. The number of rotatable bonds is 3. The molecule has 2 heteroatoms. The highest BCUT2D eigenvalue weighted by Crippen LogP contribution is 2.45. The van der Waals surface area contributed by atoms with Crippen molar-refractivity contribution in [2.75, 3.05) is 13.2 Å². The Bertz CT molecular complexity index is 391. The number of hydrogen-bond donors (Lipinski definition) is 1. The van der Waals surface area contributed by atoms with Crippen LogP contribution in [0.5, 0.6) is 0 Å². The third kappa shape index (κ3) is 2.44. The maximum Gasteiger partial charge on any atom is 0.0509 e. The zero-order valence-electron chi connectivity index (χ0n) is 11.7. The van der Waals surface area contributed by atoms with Crippen LogP contribution in [-0.2, 0) is 10.2 Å². The standard InChI is InChI=1S/C17H25NO/c18-16(14-7-6-12-19-13-14)17(10-4-5-11-17)15-8-2-1-3-9-15/h1-3,8-9,14,16H,4-7,10-13,18H2. The molecule has 1 heterocycles. The molecule has 2 aliphatic rings. The summed E-state index contributed by atoms with van der Waals surface area (Å²) < 4.78 is 5.66. The zero-order chi connectivity index (χ0) is 13.1. The molecule has 0 amide bonds. The first-order chi connectivity index (χ1) is 9.33. The summed E-state index contributed by atoms with van der Waals surface area (Å²) in [5.41, 5.74) is 8.39. The minimum Gasteiger partial charge on any atom is -0.381 e. The first kappa shape index (κ1) is 13.1. The minimum atomic E-state index is 0.201. The molecular formula is C17H25NO. The van der Waals surface area contributed by atoms with Crippen molar-refractivity contribution in [3.05, 3.63) is 35.9 Å². The third-order valence-corrected chi connectivity index (χ3v) is 5.19. The van der Waals surface area contributed by atoms with E-state index in [1.807, 2.05) is 0 Å². The number of hydrogen-bond acceptors (Lipinski definition) is 2. The summed E-state index contributed by atoms with van der Waals surface area (Å²) >= 11 is 0. The molecular weight excluding hydrogens is 234 g/mol. The first-order valence-corrected chi connectivity index (χ1v) is 7.72. The summed E-state index contributed by atoms with van der Waals surface area (Å²) in [6, 6.07) is 11.2. The second-order valence-electron chi connectivity index (χ2n) is 6.23. The molecule has 1 aromatic carbocycles. The van der Waals surface area contributed by atoms with Gasteiger partial charge in [0.15, 0.2) is 0 Å². The molecule has 1 saturated heterocycles. The fraction of sp³-hybridized carbons (Fsp3) is 0.647. The number of nitrogens with two attached hydrogens (primary N) is 1. The van der Waals surface area contributed by atoms with E-state index in [1.165, 1.54) is 44.1 Å². The second-order valence-corrected chi connectivity index (χ2v) is 6.23. The lowest BCUT2D eigenvalue weighted by Crippen LogP contribution is -2.50. The SMILES string of the molecule is NC(C1CCCOC1)C1(c2ccccc2)CCCC1. The molecule has 2 N–H and O–H groups in total. The van der Waals surface area contributed by atoms with Gasteiger partial charge >= 0.3 is 0 Å². The van der Waals surface area contributed by atoms with Crippen molar-refractivity contribution >= 4 is 0 Å². The van der Waals surface area contributed by atoms with Crippen molar-refractivity contribution in [2.45, 2.75) is 50.0 Å². The summed E-state index contributed by atoms with van der Waals surface area (Å²) in [4.78, 5) is 0. The van der Waals surface area contributed by atoms with Gasteiger partial charge in [0.1, 0.15) is 0 Å². The molecule has 0 bridgehead atoms. The molecule has 104 valence electrons. The molecule has 0 spiro atoms. The van der Waals surface area contributed by atoms with Crippen LogP contribution >= 0.6 is 0 Å². The van der Waals surface area contributed by atoms with Crippen LogP contribution < -0.4 is 5.73 Å². The lowest BCUT2D eigenvalue weighted by Gasteiger charge is -2.41. The van der Waals surface area contributed by atoms with Crippen molar-refractivity contribution in [3.8, 4) is 0 Å². The molecule has 2 nitrogen and oxygen atoms in total. The van der Waals surface area contributed by atoms with E-state index in [0.717, 1.165) is 13.2 Å². The third-order valence-electron chi connectivity index (χ3n) is 5.19. The Morgan fingerprint density at radius 1 is 1.11 bits per heavy atom. The smallest absolute Gasteiger partial charge is 0.0509 e. The van der Waals surface area contributed by atoms with Gasteiger partial charge in [-0.15, -0.1) is 0 Å². The fourth-order valence-corrected chi connectivity index (χ4v) is 4.09. The average molecular weight is 259 g/mol. The maximum atomic E-state index is 6.74. The Labute approximate surface area is 116 Å². The van der Waals surface area contributed by atoms with E-state index in [0.29, 0.717) is 5.92 Å². The largest absolute Gasteiger partial charge is 0.381 e. The van der Waals surface area contributed by atoms with Crippen molar-refractivity contribution < 1.29 is 4.74 Å². The van der Waals surface area contributed by atoms with Gasteiger partial charge in [0.25, 0.3) is 0 Å². The molecule has 2 fully saturated rings. The quantitative estimate of drug-likeness (QED) is 0.904. The van der Waals surface area contributed by atoms with E-state index in [1.54, 1.807) is 0 Å². The van der Waals surface area contributed by atoms with Gasteiger partial charge in [-0.25, -0.2) is 0 Å². The summed E-state index contributed by atoms with van der Waals surface area (Å²) in [6.45, 7) is 1.78. The van der Waals surface area contributed by atoms with Gasteiger partial charge in [0.05, 0.1) is 6.61 Å². The molecule has 19 heavy (non-hydrogen) atoms. The molecule has 2 atom stereocenters. The van der Waals surface area contributed by atoms with Crippen LogP contribution in [0.3, 0.4) is 0 Å². The van der Waals surface area contributed by atoms with Crippen LogP contribution in [0.1, 0.15) is 44.1 Å². The first-order valence-electron chi connectivity index (χ1n) is 7.72. The molecule has 1 aliphatic heterocycles. The van der Waals surface area contributed by atoms with Gasteiger partial charge in [-0.05, 0) is 37.2 Å². The summed E-state index contributed by atoms with van der Waals surface area (Å²) in [5.74, 6) is 0.534. The van der Waals surface area contributed by atoms with Crippen LogP contribution in [-0.4, -0.2) is 19.3 Å². The van der Waals surface area contributed by atoms with Crippen molar-refractivity contribution in [1.82, 2.24) is 0 Å². The Kier molecular flexibility index (Phi) is 3.90. The van der Waals surface area contributed by atoms with Gasteiger partial charge < -0.3 is 10.5 Å². The van der Waals surface area contributed by atoms with Crippen LogP contribution in [0.2, 0.25) is 0 Å². The summed E-state index contributed by atoms with van der Waals surface area (Å²) in [6.07, 6.45) is 7.52. The van der Waals surface area contributed by atoms with Crippen molar-refractivity contribution in [1.29, 1.82) is 0 Å². The Morgan fingerprint density at radius 3 is 2.47 bits per heavy atom. The lowest BCUT2D eigenvalue weighted by molar-refractivity contribution is 0.0317. The van der Waals surface area contributed by atoms with Gasteiger partial charge in [-0.1, -0.05) is 43.2 Å². The fourth-order valence-electron chi connectivity index (χ4n) is 4.09.